The Morgan fingerprint density at radius 2 is 1.86 bits per heavy atom. The number of nitrogens with one attached hydrogen (secondary N) is 2. The molecule has 1 saturated heterocycles. The number of hydrogen-bond donors (Lipinski definition) is 2. The first-order valence-corrected chi connectivity index (χ1v) is 13.1. The number of hydrogen-bond acceptors (Lipinski definition) is 7. The number of aromatic nitrogens is 7. The van der Waals surface area contributed by atoms with Gasteiger partial charge < -0.3 is 4.98 Å². The van der Waals surface area contributed by atoms with Crippen LogP contribution in [0.15, 0.2) is 60.5 Å². The van der Waals surface area contributed by atoms with E-state index in [9.17, 15) is 0 Å². The van der Waals surface area contributed by atoms with Gasteiger partial charge in [0.25, 0.3) is 0 Å². The van der Waals surface area contributed by atoms with Gasteiger partial charge in [-0.3, -0.25) is 20.0 Å². The molecule has 0 atom stereocenters. The van der Waals surface area contributed by atoms with Gasteiger partial charge in [-0.1, -0.05) is 12.5 Å². The number of pyridine rings is 3. The lowest BCUT2D eigenvalue weighted by atomic mass is 10.1. The Balaban J connectivity index is 1.26. The van der Waals surface area contributed by atoms with Crippen molar-refractivity contribution in [3.8, 4) is 33.2 Å². The molecule has 0 spiro atoms. The zero-order valence-electron chi connectivity index (χ0n) is 19.6. The molecule has 0 radical (unpaired) electrons. The molecule has 2 N–H and O–H groups in total. The predicted octanol–water partition coefficient (Wildman–Crippen LogP) is 5.67. The van der Waals surface area contributed by atoms with E-state index in [1.54, 1.807) is 11.3 Å². The Kier molecular flexibility index (Phi) is 5.29. The van der Waals surface area contributed by atoms with Crippen LogP contribution in [0.4, 0.5) is 0 Å². The number of H-pyrrole nitrogens is 2. The van der Waals surface area contributed by atoms with Gasteiger partial charge in [-0.15, -0.1) is 11.3 Å². The highest BCUT2D eigenvalue weighted by atomic mass is 32.1. The number of likely N-dealkylation sites (tertiary alicyclic amines) is 1. The van der Waals surface area contributed by atoms with Crippen LogP contribution in [0.3, 0.4) is 0 Å². The number of aromatic amines is 2. The van der Waals surface area contributed by atoms with Gasteiger partial charge in [-0.25, -0.2) is 9.97 Å². The fourth-order valence-corrected chi connectivity index (χ4v) is 5.71. The molecule has 36 heavy (non-hydrogen) atoms. The second-order valence-corrected chi connectivity index (χ2v) is 10.2. The maximum absolute atomic E-state index is 4.90. The van der Waals surface area contributed by atoms with Gasteiger partial charge in [-0.2, -0.15) is 5.10 Å². The molecule has 7 rings (SSSR count). The third-order valence-electron chi connectivity index (χ3n) is 6.78. The second kappa shape index (κ2) is 8.92. The van der Waals surface area contributed by atoms with Crippen LogP contribution >= 0.6 is 11.3 Å². The molecule has 6 aromatic heterocycles. The molecule has 178 valence electrons. The summed E-state index contributed by atoms with van der Waals surface area (Å²) in [6.07, 6.45) is 11.5. The molecule has 0 amide bonds. The Labute approximate surface area is 211 Å². The summed E-state index contributed by atoms with van der Waals surface area (Å²) in [5, 5.41) is 10.6. The molecule has 9 heteroatoms. The lowest BCUT2D eigenvalue weighted by Crippen LogP contribution is -2.29. The van der Waals surface area contributed by atoms with E-state index in [0.717, 1.165) is 69.1 Å². The van der Waals surface area contributed by atoms with Crippen molar-refractivity contribution in [2.24, 2.45) is 0 Å². The highest BCUT2D eigenvalue weighted by Crippen LogP contribution is 2.33. The second-order valence-electron chi connectivity index (χ2n) is 9.23. The van der Waals surface area contributed by atoms with Crippen LogP contribution in [-0.4, -0.2) is 53.1 Å². The minimum absolute atomic E-state index is 0.693. The van der Waals surface area contributed by atoms with Gasteiger partial charge in [0.1, 0.15) is 16.9 Å². The van der Waals surface area contributed by atoms with Crippen LogP contribution in [-0.2, 0) is 6.54 Å². The first-order valence-electron chi connectivity index (χ1n) is 12.2. The summed E-state index contributed by atoms with van der Waals surface area (Å²) in [6.45, 7) is 3.27. The monoisotopic (exact) mass is 492 g/mol. The molecule has 1 fully saturated rings. The molecule has 1 aliphatic rings. The average molecular weight is 493 g/mol. The molecule has 0 saturated carbocycles. The van der Waals surface area contributed by atoms with Crippen molar-refractivity contribution in [2.75, 3.05) is 13.1 Å². The molecule has 7 heterocycles. The third-order valence-corrected chi connectivity index (χ3v) is 7.66. The SMILES string of the molecule is c1csc(-c2nccc3[nH]c(-c4n[nH]c5ncc(-c6cncc(CN7CCCCC7)c6)cc45)nc23)c1. The van der Waals surface area contributed by atoms with Crippen LogP contribution in [0.2, 0.25) is 0 Å². The van der Waals surface area contributed by atoms with E-state index in [1.807, 2.05) is 42.3 Å². The summed E-state index contributed by atoms with van der Waals surface area (Å²) in [5.74, 6) is 0.693. The van der Waals surface area contributed by atoms with E-state index in [4.69, 9.17) is 4.98 Å². The summed E-state index contributed by atoms with van der Waals surface area (Å²) in [6, 6.07) is 10.4. The number of rotatable bonds is 5. The van der Waals surface area contributed by atoms with Crippen LogP contribution in [0.5, 0.6) is 0 Å². The molecule has 0 aromatic carbocycles. The normalized spacial score (nSPS) is 14.7. The molecule has 8 nitrogen and oxygen atoms in total. The van der Waals surface area contributed by atoms with E-state index in [-0.39, 0.29) is 0 Å². The van der Waals surface area contributed by atoms with Crippen molar-refractivity contribution in [2.45, 2.75) is 25.8 Å². The largest absolute Gasteiger partial charge is 0.336 e. The summed E-state index contributed by atoms with van der Waals surface area (Å²) in [7, 11) is 0. The Bertz CT molecular complexity index is 1660. The zero-order valence-corrected chi connectivity index (χ0v) is 20.4. The standard InChI is InChI=1S/C27H24N8S/c1-2-8-35(9-3-1)16-17-11-18(14-28-13-17)19-12-20-23(33-34-26(20)30-15-19)27-31-21-6-7-29-25(24(21)32-27)22-5-4-10-36-22/h4-7,10-15H,1-3,8-9,16H2,(H,31,32)(H,30,33,34). The molecule has 0 bridgehead atoms. The maximum Gasteiger partial charge on any atom is 0.159 e. The Morgan fingerprint density at radius 1 is 0.944 bits per heavy atom. The van der Waals surface area contributed by atoms with Gasteiger partial charge in [0.15, 0.2) is 11.5 Å². The van der Waals surface area contributed by atoms with Crippen LogP contribution < -0.4 is 0 Å². The van der Waals surface area contributed by atoms with Crippen molar-refractivity contribution in [1.82, 2.24) is 40.0 Å². The average Bonchev–Trinajstić information content (AvgIpc) is 3.68. The lowest BCUT2D eigenvalue weighted by molar-refractivity contribution is 0.220. The van der Waals surface area contributed by atoms with Crippen molar-refractivity contribution in [3.63, 3.8) is 0 Å². The molecule has 1 aliphatic heterocycles. The molecule has 0 unspecified atom stereocenters. The zero-order chi connectivity index (χ0) is 23.9. The van der Waals surface area contributed by atoms with Crippen molar-refractivity contribution >= 4 is 33.4 Å². The van der Waals surface area contributed by atoms with Crippen LogP contribution in [0, 0.1) is 0 Å². The summed E-state index contributed by atoms with van der Waals surface area (Å²) in [5.41, 5.74) is 7.40. The summed E-state index contributed by atoms with van der Waals surface area (Å²) >= 11 is 1.65. The van der Waals surface area contributed by atoms with Gasteiger partial charge in [0.2, 0.25) is 0 Å². The van der Waals surface area contributed by atoms with Gasteiger partial charge in [-0.05, 0) is 61.1 Å². The van der Waals surface area contributed by atoms with Crippen molar-refractivity contribution in [1.29, 1.82) is 0 Å². The van der Waals surface area contributed by atoms with Gasteiger partial charge in [0.05, 0.1) is 15.8 Å². The molecular formula is C27H24N8S. The Morgan fingerprint density at radius 3 is 2.75 bits per heavy atom. The minimum atomic E-state index is 0.693. The fraction of sp³-hybridized carbons (Fsp3) is 0.222. The first kappa shape index (κ1) is 21.3. The molecule has 6 aromatic rings. The van der Waals surface area contributed by atoms with E-state index in [0.29, 0.717) is 5.82 Å². The highest BCUT2D eigenvalue weighted by Gasteiger charge is 2.18. The van der Waals surface area contributed by atoms with Crippen LogP contribution in [0.25, 0.3) is 55.3 Å². The number of fused-ring (bicyclic) bond motifs is 2. The van der Waals surface area contributed by atoms with E-state index in [2.05, 4.69) is 53.2 Å². The minimum Gasteiger partial charge on any atom is -0.336 e. The number of imidazole rings is 1. The summed E-state index contributed by atoms with van der Waals surface area (Å²) < 4.78 is 0. The third kappa shape index (κ3) is 3.86. The maximum atomic E-state index is 4.90. The lowest BCUT2D eigenvalue weighted by Gasteiger charge is -2.26. The molecular weight excluding hydrogens is 468 g/mol. The van der Waals surface area contributed by atoms with Gasteiger partial charge in [0, 0.05) is 42.5 Å². The fourth-order valence-electron chi connectivity index (χ4n) is 4.99. The number of thiophene rings is 1. The van der Waals surface area contributed by atoms with E-state index >= 15 is 0 Å². The number of piperidine rings is 1. The first-order chi connectivity index (χ1) is 17.8. The smallest absolute Gasteiger partial charge is 0.159 e. The van der Waals surface area contributed by atoms with Gasteiger partial charge >= 0.3 is 0 Å². The van der Waals surface area contributed by atoms with Crippen LogP contribution in [0.1, 0.15) is 24.8 Å². The summed E-state index contributed by atoms with van der Waals surface area (Å²) in [4.78, 5) is 25.7. The van der Waals surface area contributed by atoms with E-state index in [1.165, 1.54) is 24.8 Å². The predicted molar refractivity (Wildman–Crippen MR) is 142 cm³/mol. The topological polar surface area (TPSA) is 99.3 Å². The van der Waals surface area contributed by atoms with Crippen molar-refractivity contribution in [3.05, 3.63) is 66.1 Å². The number of nitrogens with zero attached hydrogens (tertiary/aromatic N) is 6. The molecule has 0 aliphatic carbocycles. The van der Waals surface area contributed by atoms with E-state index < -0.39 is 0 Å². The van der Waals surface area contributed by atoms with Crippen molar-refractivity contribution < 1.29 is 0 Å². The Hall–Kier alpha value is -3.95. The quantitative estimate of drug-likeness (QED) is 0.322. The highest BCUT2D eigenvalue weighted by molar-refractivity contribution is 7.13.